The molecule has 0 atom stereocenters. The van der Waals surface area contributed by atoms with Gasteiger partial charge in [0.05, 0.1) is 16.7 Å². The van der Waals surface area contributed by atoms with Gasteiger partial charge in [-0.15, -0.1) is 0 Å². The molecule has 2 heteroatoms. The minimum Gasteiger partial charge on any atom is -0.310 e. The van der Waals surface area contributed by atoms with Gasteiger partial charge in [0.2, 0.25) is 0 Å². The first-order chi connectivity index (χ1) is 25.1. The van der Waals surface area contributed by atoms with E-state index in [1.54, 1.807) is 0 Å². The quantitative estimate of drug-likeness (QED) is 0.180. The number of nitrogens with zero attached hydrogens (tertiary/aromatic N) is 2. The monoisotopic (exact) mass is 652 g/mol. The summed E-state index contributed by atoms with van der Waals surface area (Å²) in [5.41, 5.74) is 14.8. The molecule has 0 saturated carbocycles. The average molecular weight is 653 g/mol. The maximum atomic E-state index is 2.45. The molecule has 0 unspecified atom stereocenters. The summed E-state index contributed by atoms with van der Waals surface area (Å²) < 4.78 is 2.43. The molecule has 0 fully saturated rings. The van der Waals surface area contributed by atoms with E-state index in [-0.39, 0.29) is 5.41 Å². The Morgan fingerprint density at radius 1 is 0.451 bits per heavy atom. The van der Waals surface area contributed by atoms with E-state index in [0.717, 1.165) is 17.1 Å². The largest absolute Gasteiger partial charge is 0.310 e. The van der Waals surface area contributed by atoms with Crippen LogP contribution in [0.4, 0.5) is 17.1 Å². The fraction of sp³-hybridized carbons (Fsp3) is 0.0612. The van der Waals surface area contributed by atoms with E-state index in [2.05, 4.69) is 205 Å². The highest BCUT2D eigenvalue weighted by Gasteiger charge is 2.35. The number of anilines is 3. The number of aromatic nitrogens is 1. The van der Waals surface area contributed by atoms with Crippen LogP contribution in [-0.4, -0.2) is 4.57 Å². The Morgan fingerprint density at radius 2 is 1.08 bits per heavy atom. The van der Waals surface area contributed by atoms with Crippen LogP contribution in [0.1, 0.15) is 25.0 Å². The number of hydrogen-bond donors (Lipinski definition) is 0. The van der Waals surface area contributed by atoms with Gasteiger partial charge in [0.15, 0.2) is 0 Å². The van der Waals surface area contributed by atoms with E-state index in [1.807, 2.05) is 0 Å². The van der Waals surface area contributed by atoms with Crippen molar-refractivity contribution in [2.75, 3.05) is 4.90 Å². The number of fused-ring (bicyclic) bond motifs is 8. The van der Waals surface area contributed by atoms with Crippen molar-refractivity contribution in [3.63, 3.8) is 0 Å². The van der Waals surface area contributed by atoms with E-state index in [1.165, 1.54) is 71.6 Å². The molecule has 0 radical (unpaired) electrons. The summed E-state index contributed by atoms with van der Waals surface area (Å²) >= 11 is 0. The molecule has 242 valence electrons. The number of para-hydroxylation sites is 3. The summed E-state index contributed by atoms with van der Waals surface area (Å²) in [4.78, 5) is 2.45. The Bertz CT molecular complexity index is 2770. The van der Waals surface area contributed by atoms with Crippen LogP contribution in [0, 0.1) is 0 Å². The van der Waals surface area contributed by atoms with Crippen LogP contribution in [-0.2, 0) is 5.41 Å². The maximum absolute atomic E-state index is 2.45. The Labute approximate surface area is 298 Å². The molecule has 0 amide bonds. The molecule has 0 aliphatic heterocycles. The smallest absolute Gasteiger partial charge is 0.0619 e. The lowest BCUT2D eigenvalue weighted by atomic mass is 9.82. The van der Waals surface area contributed by atoms with Crippen molar-refractivity contribution in [1.29, 1.82) is 0 Å². The summed E-state index contributed by atoms with van der Waals surface area (Å²) in [6, 6.07) is 66.6. The lowest BCUT2D eigenvalue weighted by Crippen LogP contribution is -2.15. The van der Waals surface area contributed by atoms with Crippen molar-refractivity contribution in [2.24, 2.45) is 0 Å². The van der Waals surface area contributed by atoms with Crippen molar-refractivity contribution in [3.8, 4) is 27.9 Å². The zero-order valence-corrected chi connectivity index (χ0v) is 28.7. The Kier molecular flexibility index (Phi) is 6.56. The van der Waals surface area contributed by atoms with Gasteiger partial charge in [-0.25, -0.2) is 0 Å². The molecule has 8 aromatic carbocycles. The number of benzene rings is 8. The molecular weight excluding hydrogens is 617 g/mol. The van der Waals surface area contributed by atoms with Crippen LogP contribution in [0.3, 0.4) is 0 Å². The Hall–Kier alpha value is -6.38. The third kappa shape index (κ3) is 4.50. The van der Waals surface area contributed by atoms with Crippen molar-refractivity contribution < 1.29 is 0 Å². The molecule has 10 rings (SSSR count). The minimum absolute atomic E-state index is 0.0528. The van der Waals surface area contributed by atoms with Crippen molar-refractivity contribution in [1.82, 2.24) is 4.57 Å². The molecule has 1 aliphatic rings. The zero-order valence-electron chi connectivity index (χ0n) is 28.7. The molecule has 0 saturated heterocycles. The second kappa shape index (κ2) is 11.3. The molecule has 2 nitrogen and oxygen atoms in total. The van der Waals surface area contributed by atoms with Gasteiger partial charge in [0, 0.05) is 44.2 Å². The highest BCUT2D eigenvalue weighted by Crippen LogP contribution is 2.51. The first-order valence-corrected chi connectivity index (χ1v) is 17.8. The number of rotatable bonds is 5. The standard InChI is InChI=1S/C49H36N2/c1-49(2)44-22-12-9-20-40(44)43-32-37(27-30-45(43)49)50(46-23-13-10-19-38(46)33-15-5-3-6-16-33)36-26-29-39-34(31-36)25-28-42-41-21-11-14-24-47(41)51(48(39)42)35-17-7-4-8-18-35/h3-32H,1-2H3. The van der Waals surface area contributed by atoms with Gasteiger partial charge < -0.3 is 9.47 Å². The Morgan fingerprint density at radius 3 is 1.92 bits per heavy atom. The first kappa shape index (κ1) is 29.5. The second-order valence-electron chi connectivity index (χ2n) is 14.2. The van der Waals surface area contributed by atoms with Gasteiger partial charge >= 0.3 is 0 Å². The van der Waals surface area contributed by atoms with Crippen LogP contribution in [0.25, 0.3) is 60.5 Å². The SMILES string of the molecule is CC1(C)c2ccccc2-c2cc(N(c3ccc4c(ccc5c6ccccc6n(-c6ccccc6)c45)c3)c3ccccc3-c3ccccc3)ccc21. The van der Waals surface area contributed by atoms with Gasteiger partial charge in [-0.05, 0) is 81.7 Å². The van der Waals surface area contributed by atoms with Gasteiger partial charge in [0.1, 0.15) is 0 Å². The molecule has 9 aromatic rings. The topological polar surface area (TPSA) is 8.17 Å². The fourth-order valence-electron chi connectivity index (χ4n) is 8.57. The fourth-order valence-corrected chi connectivity index (χ4v) is 8.57. The van der Waals surface area contributed by atoms with Crippen LogP contribution >= 0.6 is 0 Å². The van der Waals surface area contributed by atoms with Crippen LogP contribution in [0.15, 0.2) is 182 Å². The van der Waals surface area contributed by atoms with Crippen molar-refractivity contribution in [3.05, 3.63) is 193 Å². The number of hydrogen-bond acceptors (Lipinski definition) is 1. The lowest BCUT2D eigenvalue weighted by molar-refractivity contribution is 0.660. The van der Waals surface area contributed by atoms with E-state index >= 15 is 0 Å². The summed E-state index contributed by atoms with van der Waals surface area (Å²) in [5, 5.41) is 4.97. The molecule has 0 N–H and O–H groups in total. The third-order valence-electron chi connectivity index (χ3n) is 11.0. The van der Waals surface area contributed by atoms with Crippen molar-refractivity contribution in [2.45, 2.75) is 19.3 Å². The highest BCUT2D eigenvalue weighted by atomic mass is 15.1. The average Bonchev–Trinajstić information content (AvgIpc) is 3.64. The molecular formula is C49H36N2. The summed E-state index contributed by atoms with van der Waals surface area (Å²) in [7, 11) is 0. The Balaban J connectivity index is 1.23. The molecule has 1 aliphatic carbocycles. The van der Waals surface area contributed by atoms with Gasteiger partial charge in [-0.3, -0.25) is 0 Å². The summed E-state index contributed by atoms with van der Waals surface area (Å²) in [6.45, 7) is 4.69. The van der Waals surface area contributed by atoms with Gasteiger partial charge in [0.25, 0.3) is 0 Å². The van der Waals surface area contributed by atoms with Crippen LogP contribution < -0.4 is 4.90 Å². The molecule has 1 aromatic heterocycles. The zero-order chi connectivity index (χ0) is 34.1. The summed E-state index contributed by atoms with van der Waals surface area (Å²) in [6.07, 6.45) is 0. The van der Waals surface area contributed by atoms with Gasteiger partial charge in [-0.2, -0.15) is 0 Å². The van der Waals surface area contributed by atoms with E-state index in [4.69, 9.17) is 0 Å². The van der Waals surface area contributed by atoms with Crippen molar-refractivity contribution >= 4 is 49.6 Å². The van der Waals surface area contributed by atoms with Crippen LogP contribution in [0.2, 0.25) is 0 Å². The molecule has 0 spiro atoms. The molecule has 51 heavy (non-hydrogen) atoms. The minimum atomic E-state index is -0.0528. The predicted molar refractivity (Wildman–Crippen MR) is 216 cm³/mol. The third-order valence-corrected chi connectivity index (χ3v) is 11.0. The maximum Gasteiger partial charge on any atom is 0.0619 e. The first-order valence-electron chi connectivity index (χ1n) is 17.8. The van der Waals surface area contributed by atoms with Gasteiger partial charge in [-0.1, -0.05) is 147 Å². The summed E-state index contributed by atoms with van der Waals surface area (Å²) in [5.74, 6) is 0. The normalized spacial score (nSPS) is 13.1. The highest BCUT2D eigenvalue weighted by molar-refractivity contribution is 6.19. The second-order valence-corrected chi connectivity index (χ2v) is 14.2. The molecule has 1 heterocycles. The van der Waals surface area contributed by atoms with E-state index in [0.29, 0.717) is 0 Å². The van der Waals surface area contributed by atoms with Crippen LogP contribution in [0.5, 0.6) is 0 Å². The van der Waals surface area contributed by atoms with E-state index < -0.39 is 0 Å². The van der Waals surface area contributed by atoms with E-state index in [9.17, 15) is 0 Å². The lowest BCUT2D eigenvalue weighted by Gasteiger charge is -2.29. The molecule has 0 bridgehead atoms. The predicted octanol–water partition coefficient (Wildman–Crippen LogP) is 13.4.